The molecule has 158 valence electrons. The molecule has 0 saturated carbocycles. The maximum absolute atomic E-state index is 13.9. The normalized spacial score (nSPS) is 17.7. The molecule has 2 rings (SSSR count). The molecule has 6 nitrogen and oxygen atoms in total. The van der Waals surface area contributed by atoms with E-state index in [1.807, 2.05) is 13.8 Å². The molecule has 0 spiro atoms. The molecule has 1 aliphatic heterocycles. The first-order chi connectivity index (χ1) is 12.9. The van der Waals surface area contributed by atoms with E-state index in [9.17, 15) is 13.6 Å². The molecule has 1 aromatic rings. The third-order valence-electron chi connectivity index (χ3n) is 4.67. The van der Waals surface area contributed by atoms with Crippen LogP contribution < -0.4 is 20.9 Å². The van der Waals surface area contributed by atoms with E-state index in [1.165, 1.54) is 18.2 Å². The summed E-state index contributed by atoms with van der Waals surface area (Å²) in [5.74, 6) is -0.530. The SMILES string of the molecule is CCC(C)NC(=O)CCNC(=NC)NC1CCN(c2c(F)cccc2F)C1.I. The maximum Gasteiger partial charge on any atom is 0.221 e. The quantitative estimate of drug-likeness (QED) is 0.301. The number of benzene rings is 1. The number of anilines is 1. The Morgan fingerprint density at radius 2 is 2.04 bits per heavy atom. The first-order valence-corrected chi connectivity index (χ1v) is 9.40. The molecule has 28 heavy (non-hydrogen) atoms. The van der Waals surface area contributed by atoms with E-state index in [0.29, 0.717) is 32.0 Å². The maximum atomic E-state index is 13.9. The van der Waals surface area contributed by atoms with Gasteiger partial charge in [0.1, 0.15) is 17.3 Å². The largest absolute Gasteiger partial charge is 0.365 e. The highest BCUT2D eigenvalue weighted by Crippen LogP contribution is 2.26. The van der Waals surface area contributed by atoms with E-state index in [2.05, 4.69) is 20.9 Å². The minimum atomic E-state index is -0.550. The van der Waals surface area contributed by atoms with Crippen molar-refractivity contribution in [2.45, 2.75) is 45.2 Å². The van der Waals surface area contributed by atoms with E-state index in [1.54, 1.807) is 11.9 Å². The van der Waals surface area contributed by atoms with Crippen molar-refractivity contribution in [3.8, 4) is 0 Å². The molecular weight excluding hydrogens is 479 g/mol. The molecule has 1 heterocycles. The standard InChI is InChI=1S/C19H29F2N5O.HI/c1-4-13(2)24-17(27)8-10-23-19(22-3)25-14-9-11-26(12-14)18-15(20)6-5-7-16(18)21;/h5-7,13-14H,4,8-12H2,1-3H3,(H,24,27)(H2,22,23,25);1H. The van der Waals surface area contributed by atoms with Crippen LogP contribution >= 0.6 is 24.0 Å². The van der Waals surface area contributed by atoms with E-state index in [0.717, 1.165) is 12.8 Å². The third kappa shape index (κ3) is 7.06. The van der Waals surface area contributed by atoms with Crippen LogP contribution in [0.1, 0.15) is 33.1 Å². The molecule has 1 aliphatic rings. The van der Waals surface area contributed by atoms with Gasteiger partial charge in [-0.05, 0) is 31.9 Å². The van der Waals surface area contributed by atoms with Crippen molar-refractivity contribution >= 4 is 41.5 Å². The van der Waals surface area contributed by atoms with Gasteiger partial charge in [-0.1, -0.05) is 13.0 Å². The summed E-state index contributed by atoms with van der Waals surface area (Å²) in [6, 6.07) is 4.08. The minimum absolute atomic E-state index is 0. The van der Waals surface area contributed by atoms with Crippen molar-refractivity contribution in [2.75, 3.05) is 31.6 Å². The average molecular weight is 509 g/mol. The van der Waals surface area contributed by atoms with Gasteiger partial charge >= 0.3 is 0 Å². The monoisotopic (exact) mass is 509 g/mol. The second-order valence-electron chi connectivity index (χ2n) is 6.77. The zero-order valence-corrected chi connectivity index (χ0v) is 18.9. The fourth-order valence-electron chi connectivity index (χ4n) is 3.00. The number of guanidine groups is 1. The third-order valence-corrected chi connectivity index (χ3v) is 4.67. The molecule has 1 aromatic carbocycles. The van der Waals surface area contributed by atoms with Gasteiger partial charge in [-0.15, -0.1) is 24.0 Å². The number of nitrogens with zero attached hydrogens (tertiary/aromatic N) is 2. The van der Waals surface area contributed by atoms with E-state index >= 15 is 0 Å². The van der Waals surface area contributed by atoms with Gasteiger partial charge in [0.2, 0.25) is 5.91 Å². The Bertz CT molecular complexity index is 653. The lowest BCUT2D eigenvalue weighted by Crippen LogP contribution is -2.45. The fourth-order valence-corrected chi connectivity index (χ4v) is 3.00. The zero-order valence-electron chi connectivity index (χ0n) is 16.6. The second kappa shape index (κ2) is 12.0. The summed E-state index contributed by atoms with van der Waals surface area (Å²) in [6.07, 6.45) is 1.98. The summed E-state index contributed by atoms with van der Waals surface area (Å²) in [5, 5.41) is 9.27. The van der Waals surface area contributed by atoms with Crippen molar-refractivity contribution in [2.24, 2.45) is 4.99 Å². The predicted molar refractivity (Wildman–Crippen MR) is 119 cm³/mol. The Morgan fingerprint density at radius 1 is 1.36 bits per heavy atom. The molecule has 9 heteroatoms. The number of carbonyl (C=O) groups is 1. The van der Waals surface area contributed by atoms with Crippen molar-refractivity contribution < 1.29 is 13.6 Å². The van der Waals surface area contributed by atoms with Crippen LogP contribution in [-0.2, 0) is 4.79 Å². The summed E-state index contributed by atoms with van der Waals surface area (Å²) in [5.41, 5.74) is 0.0199. The molecule has 3 N–H and O–H groups in total. The summed E-state index contributed by atoms with van der Waals surface area (Å²) in [4.78, 5) is 17.7. The Kier molecular flexibility index (Phi) is 10.5. The van der Waals surface area contributed by atoms with Crippen LogP contribution in [0, 0.1) is 11.6 Å². The van der Waals surface area contributed by atoms with Crippen LogP contribution in [0.15, 0.2) is 23.2 Å². The summed E-state index contributed by atoms with van der Waals surface area (Å²) in [6.45, 7) is 5.49. The fraction of sp³-hybridized carbons (Fsp3) is 0.579. The van der Waals surface area contributed by atoms with Gasteiger partial charge in [0, 0.05) is 45.2 Å². The molecule has 0 aliphatic carbocycles. The first-order valence-electron chi connectivity index (χ1n) is 9.40. The van der Waals surface area contributed by atoms with E-state index in [-0.39, 0.29) is 47.7 Å². The van der Waals surface area contributed by atoms with E-state index in [4.69, 9.17) is 0 Å². The molecule has 1 fully saturated rings. The predicted octanol–water partition coefficient (Wildman–Crippen LogP) is 2.63. The zero-order chi connectivity index (χ0) is 19.8. The molecule has 0 radical (unpaired) electrons. The van der Waals surface area contributed by atoms with Crippen LogP contribution in [-0.4, -0.2) is 50.6 Å². The highest BCUT2D eigenvalue weighted by molar-refractivity contribution is 14.0. The van der Waals surface area contributed by atoms with Crippen molar-refractivity contribution in [1.29, 1.82) is 0 Å². The van der Waals surface area contributed by atoms with Crippen LogP contribution in [0.4, 0.5) is 14.5 Å². The van der Waals surface area contributed by atoms with Crippen LogP contribution in [0.25, 0.3) is 0 Å². The Balaban J connectivity index is 0.00000392. The number of para-hydroxylation sites is 1. The number of rotatable bonds is 7. The molecule has 0 aromatic heterocycles. The number of hydrogen-bond acceptors (Lipinski definition) is 3. The van der Waals surface area contributed by atoms with Gasteiger partial charge in [0.15, 0.2) is 5.96 Å². The smallest absolute Gasteiger partial charge is 0.221 e. The summed E-state index contributed by atoms with van der Waals surface area (Å²) < 4.78 is 27.9. The number of aliphatic imine (C=N–C) groups is 1. The first kappa shape index (κ1) is 24.4. The highest BCUT2D eigenvalue weighted by Gasteiger charge is 2.27. The van der Waals surface area contributed by atoms with Crippen LogP contribution in [0.5, 0.6) is 0 Å². The van der Waals surface area contributed by atoms with Crippen LogP contribution in [0.2, 0.25) is 0 Å². The lowest BCUT2D eigenvalue weighted by Gasteiger charge is -2.21. The van der Waals surface area contributed by atoms with Crippen molar-refractivity contribution in [1.82, 2.24) is 16.0 Å². The Morgan fingerprint density at radius 3 is 2.64 bits per heavy atom. The molecular formula is C19H30F2IN5O. The second-order valence-corrected chi connectivity index (χ2v) is 6.77. The number of carbonyl (C=O) groups excluding carboxylic acids is 1. The number of hydrogen-bond donors (Lipinski definition) is 3. The lowest BCUT2D eigenvalue weighted by atomic mass is 10.2. The number of nitrogens with one attached hydrogen (secondary N) is 3. The van der Waals surface area contributed by atoms with Gasteiger partial charge in [0.05, 0.1) is 0 Å². The minimum Gasteiger partial charge on any atom is -0.365 e. The highest BCUT2D eigenvalue weighted by atomic mass is 127. The van der Waals surface area contributed by atoms with E-state index < -0.39 is 11.6 Å². The molecule has 2 atom stereocenters. The molecule has 1 saturated heterocycles. The lowest BCUT2D eigenvalue weighted by molar-refractivity contribution is -0.121. The average Bonchev–Trinajstić information content (AvgIpc) is 3.08. The van der Waals surface area contributed by atoms with Gasteiger partial charge in [-0.3, -0.25) is 9.79 Å². The van der Waals surface area contributed by atoms with Gasteiger partial charge in [-0.2, -0.15) is 0 Å². The number of halogens is 3. The number of amides is 1. The molecule has 1 amide bonds. The van der Waals surface area contributed by atoms with Crippen molar-refractivity contribution in [3.05, 3.63) is 29.8 Å². The van der Waals surface area contributed by atoms with Gasteiger partial charge in [-0.25, -0.2) is 8.78 Å². The van der Waals surface area contributed by atoms with Crippen LogP contribution in [0.3, 0.4) is 0 Å². The topological polar surface area (TPSA) is 68.8 Å². The van der Waals surface area contributed by atoms with Gasteiger partial charge in [0.25, 0.3) is 0 Å². The molecule has 0 bridgehead atoms. The Labute approximate surface area is 182 Å². The Hall–Kier alpha value is -1.65. The summed E-state index contributed by atoms with van der Waals surface area (Å²) in [7, 11) is 1.65. The van der Waals surface area contributed by atoms with Gasteiger partial charge < -0.3 is 20.9 Å². The van der Waals surface area contributed by atoms with Crippen molar-refractivity contribution in [3.63, 3.8) is 0 Å². The summed E-state index contributed by atoms with van der Waals surface area (Å²) >= 11 is 0. The molecule has 2 unspecified atom stereocenters.